The molecule has 5 N–H and O–H groups in total. The van der Waals surface area contributed by atoms with Gasteiger partial charge >= 0.3 is 11.9 Å². The smallest absolute Gasteiger partial charge is 0.303 e. The maximum atomic E-state index is 11.7. The van der Waals surface area contributed by atoms with E-state index in [2.05, 4.69) is 121 Å². The van der Waals surface area contributed by atoms with Gasteiger partial charge in [-0.05, 0) is 107 Å². The number of oxazole rings is 1. The molecular weight excluding hydrogens is 779 g/mol. The van der Waals surface area contributed by atoms with Gasteiger partial charge in [-0.2, -0.15) is 4.98 Å². The number of nitrogens with one attached hydrogen (secondary N) is 3. The average molecular weight is 844 g/mol. The molecule has 4 aromatic carbocycles. The van der Waals surface area contributed by atoms with Crippen LogP contribution in [0.4, 0.5) is 34.7 Å². The standard InChI is InChI=1S/C50H65N7O5/c1-30(2)26-56(27-31(3)4)44-18-15-37(34(8)21-47(58)59)24-42(44)53-49-51-39-17-14-36(23-41(39)52-49)20-33(7)29-57(28-32(5)6)45-19-16-38(35(9)22-48(60)61)25-43(45)55-50-54-40-12-10-11-13-46(40)62-50/h10-19,23-25,30-35H,20-22,26-29H2,1-9H3,(H,54,55)(H,58,59)(H,60,61)(H2,51,52,53). The molecular formula is C50H65N7O5. The Labute approximate surface area is 366 Å². The van der Waals surface area contributed by atoms with Crippen LogP contribution in [0.5, 0.6) is 0 Å². The first kappa shape index (κ1) is 45.5. The van der Waals surface area contributed by atoms with Crippen molar-refractivity contribution in [1.82, 2.24) is 15.0 Å². The van der Waals surface area contributed by atoms with Gasteiger partial charge in [0.1, 0.15) is 5.52 Å². The van der Waals surface area contributed by atoms with Crippen LogP contribution in [0.1, 0.15) is 104 Å². The number of H-pyrrole nitrogens is 1. The average Bonchev–Trinajstić information content (AvgIpc) is 3.79. The zero-order valence-electron chi connectivity index (χ0n) is 37.8. The SMILES string of the molecule is CC(C)CN(CC(C)C)c1ccc(C(C)CC(=O)O)cc1Nc1nc2ccc(CC(C)CN(CC(C)C)c3ccc(C(C)CC(=O)O)cc3Nc3nc4ccccc4o3)cc2[nH]1. The van der Waals surface area contributed by atoms with Crippen LogP contribution in [-0.4, -0.2) is 63.3 Å². The first-order chi connectivity index (χ1) is 29.5. The number of aromatic amines is 1. The Morgan fingerprint density at radius 2 is 1.19 bits per heavy atom. The Bertz CT molecular complexity index is 2410. The van der Waals surface area contributed by atoms with Crippen LogP contribution in [0, 0.1) is 23.7 Å². The summed E-state index contributed by atoms with van der Waals surface area (Å²) < 4.78 is 6.08. The number of nitrogens with zero attached hydrogens (tertiary/aromatic N) is 4. The van der Waals surface area contributed by atoms with Crippen molar-refractivity contribution in [2.45, 2.75) is 93.4 Å². The molecule has 330 valence electrons. The van der Waals surface area contributed by atoms with Gasteiger partial charge in [-0.15, -0.1) is 0 Å². The molecule has 3 unspecified atom stereocenters. The normalized spacial score (nSPS) is 13.2. The predicted molar refractivity (Wildman–Crippen MR) is 253 cm³/mol. The van der Waals surface area contributed by atoms with Gasteiger partial charge in [-0.25, -0.2) is 4.98 Å². The molecule has 12 heteroatoms. The number of para-hydroxylation sites is 2. The van der Waals surface area contributed by atoms with Crippen molar-refractivity contribution < 1.29 is 24.2 Å². The van der Waals surface area contributed by atoms with E-state index in [1.165, 1.54) is 5.56 Å². The topological polar surface area (TPSA) is 160 Å². The highest BCUT2D eigenvalue weighted by atomic mass is 16.4. The van der Waals surface area contributed by atoms with Crippen LogP contribution < -0.4 is 20.4 Å². The fraction of sp³-hybridized carbons (Fsp3) is 0.440. The Morgan fingerprint density at radius 1 is 0.645 bits per heavy atom. The van der Waals surface area contributed by atoms with Crippen LogP contribution in [0.25, 0.3) is 22.1 Å². The van der Waals surface area contributed by atoms with E-state index in [4.69, 9.17) is 9.40 Å². The lowest BCUT2D eigenvalue weighted by Gasteiger charge is -2.32. The van der Waals surface area contributed by atoms with Crippen molar-refractivity contribution >= 4 is 68.8 Å². The summed E-state index contributed by atoms with van der Waals surface area (Å²) in [6.45, 7) is 22.9. The van der Waals surface area contributed by atoms with Crippen molar-refractivity contribution in [3.05, 3.63) is 95.6 Å². The summed E-state index contributed by atoms with van der Waals surface area (Å²) in [5, 5.41) is 26.2. The zero-order valence-corrected chi connectivity index (χ0v) is 37.8. The monoisotopic (exact) mass is 844 g/mol. The van der Waals surface area contributed by atoms with Crippen LogP contribution in [-0.2, 0) is 16.0 Å². The van der Waals surface area contributed by atoms with E-state index < -0.39 is 11.9 Å². The Kier molecular flexibility index (Phi) is 14.8. The third kappa shape index (κ3) is 12.1. The first-order valence-electron chi connectivity index (χ1n) is 22.1. The maximum Gasteiger partial charge on any atom is 0.303 e. The minimum atomic E-state index is -0.833. The number of aromatic nitrogens is 3. The van der Waals surface area contributed by atoms with Gasteiger partial charge in [0, 0.05) is 26.2 Å². The van der Waals surface area contributed by atoms with E-state index in [1.54, 1.807) is 0 Å². The number of carboxylic acid groups (broad SMARTS) is 2. The molecule has 6 rings (SSSR count). The second-order valence-corrected chi connectivity index (χ2v) is 18.5. The lowest BCUT2D eigenvalue weighted by Crippen LogP contribution is -2.33. The highest BCUT2D eigenvalue weighted by Gasteiger charge is 2.22. The van der Waals surface area contributed by atoms with Gasteiger partial charge in [0.2, 0.25) is 5.95 Å². The van der Waals surface area contributed by atoms with E-state index >= 15 is 0 Å². The van der Waals surface area contributed by atoms with Crippen molar-refractivity contribution in [3.63, 3.8) is 0 Å². The van der Waals surface area contributed by atoms with Crippen molar-refractivity contribution in [2.24, 2.45) is 23.7 Å². The van der Waals surface area contributed by atoms with Gasteiger partial charge in [0.15, 0.2) is 5.58 Å². The molecule has 3 atom stereocenters. The highest BCUT2D eigenvalue weighted by Crippen LogP contribution is 2.37. The molecule has 6 aromatic rings. The molecule has 0 aliphatic carbocycles. The number of benzene rings is 4. The van der Waals surface area contributed by atoms with Crippen LogP contribution >= 0.6 is 0 Å². The molecule has 0 amide bonds. The van der Waals surface area contributed by atoms with E-state index in [-0.39, 0.29) is 30.6 Å². The van der Waals surface area contributed by atoms with Crippen LogP contribution in [0.3, 0.4) is 0 Å². The summed E-state index contributed by atoms with van der Waals surface area (Å²) in [4.78, 5) is 41.3. The predicted octanol–water partition coefficient (Wildman–Crippen LogP) is 11.8. The van der Waals surface area contributed by atoms with E-state index in [0.29, 0.717) is 35.3 Å². The van der Waals surface area contributed by atoms with Gasteiger partial charge in [-0.3, -0.25) is 9.59 Å². The second kappa shape index (κ2) is 20.2. The fourth-order valence-corrected chi connectivity index (χ4v) is 8.35. The van der Waals surface area contributed by atoms with E-state index in [0.717, 1.165) is 83.0 Å². The number of anilines is 6. The summed E-state index contributed by atoms with van der Waals surface area (Å²) in [7, 11) is 0. The number of aliphatic carboxylic acids is 2. The minimum absolute atomic E-state index is 0.0317. The number of hydrogen-bond acceptors (Lipinski definition) is 9. The summed E-state index contributed by atoms with van der Waals surface area (Å²) >= 11 is 0. The molecule has 0 bridgehead atoms. The lowest BCUT2D eigenvalue weighted by molar-refractivity contribution is -0.138. The summed E-state index contributed by atoms with van der Waals surface area (Å²) in [6, 6.07) is 26.9. The van der Waals surface area contributed by atoms with Crippen molar-refractivity contribution in [1.29, 1.82) is 0 Å². The first-order valence-corrected chi connectivity index (χ1v) is 22.1. The Morgan fingerprint density at radius 3 is 1.74 bits per heavy atom. The highest BCUT2D eigenvalue weighted by molar-refractivity contribution is 5.82. The van der Waals surface area contributed by atoms with Crippen LogP contribution in [0.2, 0.25) is 0 Å². The number of hydrogen-bond donors (Lipinski definition) is 5. The second-order valence-electron chi connectivity index (χ2n) is 18.5. The molecule has 0 aliphatic rings. The number of carbonyl (C=O) groups is 2. The Hall–Kier alpha value is -6.04. The molecule has 2 aromatic heterocycles. The van der Waals surface area contributed by atoms with Gasteiger partial charge in [0.25, 0.3) is 6.01 Å². The molecule has 2 heterocycles. The minimum Gasteiger partial charge on any atom is -0.481 e. The van der Waals surface area contributed by atoms with E-state index in [1.807, 2.05) is 50.2 Å². The molecule has 0 saturated carbocycles. The molecule has 0 radical (unpaired) electrons. The molecule has 0 fully saturated rings. The number of carboxylic acids is 2. The lowest BCUT2D eigenvalue weighted by atomic mass is 9.95. The largest absolute Gasteiger partial charge is 0.481 e. The van der Waals surface area contributed by atoms with Gasteiger partial charge < -0.3 is 40.0 Å². The third-order valence-electron chi connectivity index (χ3n) is 11.0. The summed E-state index contributed by atoms with van der Waals surface area (Å²) in [5.41, 5.74) is 10.1. The molecule has 0 saturated heterocycles. The van der Waals surface area contributed by atoms with Gasteiger partial charge in [-0.1, -0.05) is 92.6 Å². The zero-order chi connectivity index (χ0) is 44.7. The quantitative estimate of drug-likeness (QED) is 0.0442. The molecule has 62 heavy (non-hydrogen) atoms. The third-order valence-corrected chi connectivity index (χ3v) is 11.0. The molecule has 12 nitrogen and oxygen atoms in total. The van der Waals surface area contributed by atoms with Gasteiger partial charge in [0.05, 0.1) is 46.6 Å². The molecule has 0 aliphatic heterocycles. The van der Waals surface area contributed by atoms with Crippen molar-refractivity contribution in [2.75, 3.05) is 46.6 Å². The number of rotatable bonds is 22. The fourth-order valence-electron chi connectivity index (χ4n) is 8.35. The van der Waals surface area contributed by atoms with E-state index in [9.17, 15) is 19.8 Å². The summed E-state index contributed by atoms with van der Waals surface area (Å²) in [6.07, 6.45) is 0.921. The summed E-state index contributed by atoms with van der Waals surface area (Å²) in [5.74, 6) is 0.203. The number of fused-ring (bicyclic) bond motifs is 2. The van der Waals surface area contributed by atoms with Crippen LogP contribution in [0.15, 0.2) is 83.3 Å². The number of imidazole rings is 1. The maximum absolute atomic E-state index is 11.7. The van der Waals surface area contributed by atoms with Crippen molar-refractivity contribution in [3.8, 4) is 0 Å². The molecule has 0 spiro atoms. The Balaban J connectivity index is 1.25.